The van der Waals surface area contributed by atoms with Crippen LogP contribution in [-0.4, -0.2) is 18.2 Å². The first kappa shape index (κ1) is 15.1. The fourth-order valence-electron chi connectivity index (χ4n) is 2.05. The fraction of sp³-hybridized carbons (Fsp3) is 0.125. The van der Waals surface area contributed by atoms with Crippen LogP contribution in [0, 0.1) is 0 Å². The topological polar surface area (TPSA) is 52.8 Å². The van der Waals surface area contributed by atoms with E-state index >= 15 is 0 Å². The summed E-state index contributed by atoms with van der Waals surface area (Å²) in [5.41, 5.74) is 3.32. The van der Waals surface area contributed by atoms with E-state index in [1.165, 1.54) is 18.9 Å². The van der Waals surface area contributed by atoms with Crippen LogP contribution in [0.25, 0.3) is 0 Å². The zero-order chi connectivity index (χ0) is 15.5. The molecule has 3 rings (SSSR count). The number of carbonyl (C=O) groups is 1. The van der Waals surface area contributed by atoms with Gasteiger partial charge in [-0.05, 0) is 39.7 Å². The van der Waals surface area contributed by atoms with Gasteiger partial charge in [-0.3, -0.25) is 0 Å². The summed E-state index contributed by atoms with van der Waals surface area (Å²) < 4.78 is 5.53. The predicted molar refractivity (Wildman–Crippen MR) is 92.1 cm³/mol. The van der Waals surface area contributed by atoms with E-state index in [9.17, 15) is 4.79 Å². The minimum atomic E-state index is -0.353. The number of thioether (sulfide) groups is 1. The van der Waals surface area contributed by atoms with E-state index in [-0.39, 0.29) is 5.97 Å². The van der Waals surface area contributed by atoms with Gasteiger partial charge in [-0.2, -0.15) is 0 Å². The summed E-state index contributed by atoms with van der Waals surface area (Å²) in [6.45, 7) is 0. The van der Waals surface area contributed by atoms with Crippen LogP contribution in [0.15, 0.2) is 51.9 Å². The van der Waals surface area contributed by atoms with Crippen molar-refractivity contribution in [3.8, 4) is 0 Å². The molecule has 2 aromatic carbocycles. The number of aliphatic imine (C=N–C) groups is 1. The minimum Gasteiger partial charge on any atom is -0.465 e. The second kappa shape index (κ2) is 6.54. The third-order valence-electron chi connectivity index (χ3n) is 3.15. The molecular weight excluding hydrogens is 364 g/mol. The van der Waals surface area contributed by atoms with Gasteiger partial charge in [0.15, 0.2) is 5.17 Å². The fourth-order valence-corrected chi connectivity index (χ4v) is 3.65. The van der Waals surface area contributed by atoms with Crippen LogP contribution in [0.5, 0.6) is 0 Å². The molecule has 0 fully saturated rings. The van der Waals surface area contributed by atoms with Gasteiger partial charge < -0.3 is 4.74 Å². The smallest absolute Gasteiger partial charge is 0.339 e. The SMILES string of the molecule is COC(=O)c1cccc(CSC2=Nc3ccccc3[N]2)c1Br. The quantitative estimate of drug-likeness (QED) is 0.746. The Labute approximate surface area is 141 Å². The van der Waals surface area contributed by atoms with Crippen LogP contribution in [0.2, 0.25) is 0 Å². The second-order valence-corrected chi connectivity index (χ2v) is 6.29. The number of amidine groups is 1. The number of para-hydroxylation sites is 2. The lowest BCUT2D eigenvalue weighted by Crippen LogP contribution is -2.05. The first-order valence-corrected chi connectivity index (χ1v) is 8.35. The van der Waals surface area contributed by atoms with Gasteiger partial charge in [-0.25, -0.2) is 15.1 Å². The zero-order valence-electron chi connectivity index (χ0n) is 11.7. The summed E-state index contributed by atoms with van der Waals surface area (Å²) in [6, 6.07) is 13.3. The molecule has 0 saturated carbocycles. The Morgan fingerprint density at radius 1 is 1.18 bits per heavy atom. The van der Waals surface area contributed by atoms with Crippen molar-refractivity contribution < 1.29 is 9.53 Å². The second-order valence-electron chi connectivity index (χ2n) is 4.55. The largest absolute Gasteiger partial charge is 0.465 e. The lowest BCUT2D eigenvalue weighted by atomic mass is 10.1. The van der Waals surface area contributed by atoms with Gasteiger partial charge in [0.1, 0.15) is 0 Å². The van der Waals surface area contributed by atoms with E-state index in [1.807, 2.05) is 36.4 Å². The van der Waals surface area contributed by atoms with Crippen LogP contribution >= 0.6 is 27.7 Å². The number of ether oxygens (including phenoxy) is 1. The van der Waals surface area contributed by atoms with Gasteiger partial charge >= 0.3 is 5.97 Å². The van der Waals surface area contributed by atoms with Crippen molar-refractivity contribution >= 4 is 50.2 Å². The molecule has 0 bridgehead atoms. The van der Waals surface area contributed by atoms with E-state index < -0.39 is 0 Å². The molecule has 1 aliphatic heterocycles. The van der Waals surface area contributed by atoms with Crippen LogP contribution in [0.1, 0.15) is 15.9 Å². The summed E-state index contributed by atoms with van der Waals surface area (Å²) in [4.78, 5) is 16.2. The molecule has 0 amide bonds. The average molecular weight is 376 g/mol. The van der Waals surface area contributed by atoms with Crippen molar-refractivity contribution in [3.05, 3.63) is 58.1 Å². The molecule has 0 N–H and O–H groups in total. The number of carbonyl (C=O) groups excluding carboxylic acids is 1. The number of esters is 1. The summed E-state index contributed by atoms with van der Waals surface area (Å²) >= 11 is 5.01. The number of halogens is 1. The molecule has 1 radical (unpaired) electrons. The first-order chi connectivity index (χ1) is 10.7. The van der Waals surface area contributed by atoms with Crippen molar-refractivity contribution in [3.63, 3.8) is 0 Å². The molecule has 0 atom stereocenters. The minimum absolute atomic E-state index is 0.353. The number of benzene rings is 2. The standard InChI is InChI=1S/C16H12BrN2O2S/c1-21-15(20)11-6-4-5-10(14(11)17)9-22-16-18-12-7-2-3-8-13(12)19-16/h2-8H,9H2,1H3. The maximum Gasteiger partial charge on any atom is 0.339 e. The number of fused-ring (bicyclic) bond motifs is 1. The Hall–Kier alpha value is -1.79. The highest BCUT2D eigenvalue weighted by Crippen LogP contribution is 2.34. The van der Waals surface area contributed by atoms with Crippen LogP contribution in [-0.2, 0) is 10.5 Å². The van der Waals surface area contributed by atoms with Crippen LogP contribution in [0.4, 0.5) is 11.4 Å². The number of hydrogen-bond acceptors (Lipinski definition) is 4. The van der Waals surface area contributed by atoms with E-state index in [1.54, 1.807) is 6.07 Å². The molecule has 4 nitrogen and oxygen atoms in total. The summed E-state index contributed by atoms with van der Waals surface area (Å²) in [5.74, 6) is 0.316. The highest BCUT2D eigenvalue weighted by molar-refractivity contribution is 9.10. The van der Waals surface area contributed by atoms with E-state index in [0.717, 1.165) is 26.6 Å². The highest BCUT2D eigenvalue weighted by atomic mass is 79.9. The molecule has 1 heterocycles. The number of rotatable bonds is 3. The van der Waals surface area contributed by atoms with E-state index in [0.29, 0.717) is 11.3 Å². The van der Waals surface area contributed by atoms with Crippen molar-refractivity contribution in [2.24, 2.45) is 4.99 Å². The van der Waals surface area contributed by atoms with Gasteiger partial charge in [-0.15, -0.1) is 0 Å². The van der Waals surface area contributed by atoms with Crippen molar-refractivity contribution in [1.82, 2.24) is 5.32 Å². The van der Waals surface area contributed by atoms with Gasteiger partial charge in [0.05, 0.1) is 24.0 Å². The van der Waals surface area contributed by atoms with Crippen molar-refractivity contribution in [2.75, 3.05) is 7.11 Å². The van der Waals surface area contributed by atoms with Gasteiger partial charge in [0, 0.05) is 10.2 Å². The first-order valence-electron chi connectivity index (χ1n) is 6.57. The van der Waals surface area contributed by atoms with Crippen molar-refractivity contribution in [1.29, 1.82) is 0 Å². The normalized spacial score (nSPS) is 12.4. The maximum atomic E-state index is 11.7. The zero-order valence-corrected chi connectivity index (χ0v) is 14.1. The molecule has 22 heavy (non-hydrogen) atoms. The number of hydrogen-bond donors (Lipinski definition) is 0. The molecular formula is C16H12BrN2O2S. The van der Waals surface area contributed by atoms with Crippen LogP contribution in [0.3, 0.4) is 0 Å². The van der Waals surface area contributed by atoms with Gasteiger partial charge in [0.2, 0.25) is 0 Å². The van der Waals surface area contributed by atoms with Gasteiger partial charge in [-0.1, -0.05) is 36.0 Å². The molecule has 1 aliphatic rings. The van der Waals surface area contributed by atoms with Crippen molar-refractivity contribution in [2.45, 2.75) is 5.75 Å². The lowest BCUT2D eigenvalue weighted by Gasteiger charge is -2.08. The van der Waals surface area contributed by atoms with Crippen LogP contribution < -0.4 is 5.32 Å². The van der Waals surface area contributed by atoms with Gasteiger partial charge in [0.25, 0.3) is 0 Å². The molecule has 6 heteroatoms. The summed E-state index contributed by atoms with van der Waals surface area (Å²) in [6.07, 6.45) is 0. The maximum absolute atomic E-state index is 11.7. The third-order valence-corrected chi connectivity index (χ3v) is 4.99. The Bertz CT molecular complexity index is 762. The molecule has 0 saturated heterocycles. The summed E-state index contributed by atoms with van der Waals surface area (Å²) in [5, 5.41) is 5.21. The molecule has 0 aromatic heterocycles. The average Bonchev–Trinajstić information content (AvgIpc) is 2.96. The predicted octanol–water partition coefficient (Wildman–Crippen LogP) is 4.41. The number of nitrogens with zero attached hydrogens (tertiary/aromatic N) is 2. The Kier molecular flexibility index (Phi) is 4.49. The monoisotopic (exact) mass is 375 g/mol. The lowest BCUT2D eigenvalue weighted by molar-refractivity contribution is 0.0599. The molecule has 0 unspecified atom stereocenters. The number of methoxy groups -OCH3 is 1. The Morgan fingerprint density at radius 3 is 2.68 bits per heavy atom. The summed E-state index contributed by atoms with van der Waals surface area (Å²) in [7, 11) is 1.37. The third kappa shape index (κ3) is 3.03. The molecule has 2 aromatic rings. The Balaban J connectivity index is 1.72. The van der Waals surface area contributed by atoms with E-state index in [2.05, 4.69) is 26.2 Å². The van der Waals surface area contributed by atoms with E-state index in [4.69, 9.17) is 4.74 Å². The Morgan fingerprint density at radius 2 is 1.95 bits per heavy atom. The molecule has 0 spiro atoms. The highest BCUT2D eigenvalue weighted by Gasteiger charge is 2.17. The molecule has 111 valence electrons. The molecule has 0 aliphatic carbocycles.